The molecule has 4 rings (SSSR count). The third-order valence-electron chi connectivity index (χ3n) is 5.26. The SMILES string of the molecule is Cc1ccc(CC2CON=C(c3c(Oc4cccc(C(F)(F)F)c4)cnn3C)N2)c(C)c1. The molecule has 32 heavy (non-hydrogen) atoms. The fourth-order valence-electron chi connectivity index (χ4n) is 3.64. The molecule has 0 bridgehead atoms. The summed E-state index contributed by atoms with van der Waals surface area (Å²) in [5.74, 6) is 0.736. The molecule has 1 aliphatic heterocycles. The number of nitrogens with zero attached hydrogens (tertiary/aromatic N) is 3. The highest BCUT2D eigenvalue weighted by atomic mass is 19.4. The Hall–Kier alpha value is -3.49. The summed E-state index contributed by atoms with van der Waals surface area (Å²) in [5.41, 5.74) is 3.29. The standard InChI is InChI=1S/C23H23F3N4O2/c1-14-7-8-16(15(2)9-14)10-18-13-31-29-22(28-18)21-20(12-27-30(21)3)32-19-6-4-5-17(11-19)23(24,25)26/h4-9,11-12,18H,10,13H2,1-3H3,(H,28,29). The van der Waals surface area contributed by atoms with E-state index in [1.54, 1.807) is 7.05 Å². The molecular formula is C23H23F3N4O2. The fraction of sp³-hybridized carbons (Fsp3) is 0.304. The Labute approximate surface area is 183 Å². The molecule has 6 nitrogen and oxygen atoms in total. The van der Waals surface area contributed by atoms with E-state index >= 15 is 0 Å². The highest BCUT2D eigenvalue weighted by molar-refractivity contribution is 5.99. The first kappa shape index (κ1) is 21.7. The zero-order chi connectivity index (χ0) is 22.9. The second-order valence-corrected chi connectivity index (χ2v) is 7.82. The number of alkyl halides is 3. The van der Waals surface area contributed by atoms with Gasteiger partial charge in [0.05, 0.1) is 17.8 Å². The maximum atomic E-state index is 13.0. The van der Waals surface area contributed by atoms with E-state index in [9.17, 15) is 13.2 Å². The Kier molecular flexibility index (Phi) is 5.82. The van der Waals surface area contributed by atoms with E-state index in [0.29, 0.717) is 18.1 Å². The molecule has 2 heterocycles. The average Bonchev–Trinajstić information content (AvgIpc) is 3.10. The molecule has 0 amide bonds. The molecule has 0 aliphatic carbocycles. The Morgan fingerprint density at radius 1 is 1.19 bits per heavy atom. The fourth-order valence-corrected chi connectivity index (χ4v) is 3.64. The van der Waals surface area contributed by atoms with Crippen molar-refractivity contribution in [3.8, 4) is 11.5 Å². The predicted molar refractivity (Wildman–Crippen MR) is 114 cm³/mol. The number of rotatable bonds is 5. The minimum Gasteiger partial charge on any atom is -0.453 e. The molecule has 1 unspecified atom stereocenters. The van der Waals surface area contributed by atoms with E-state index in [-0.39, 0.29) is 17.5 Å². The first-order chi connectivity index (χ1) is 15.2. The largest absolute Gasteiger partial charge is 0.453 e. The van der Waals surface area contributed by atoms with E-state index in [1.165, 1.54) is 39.7 Å². The van der Waals surface area contributed by atoms with Gasteiger partial charge in [0, 0.05) is 7.05 Å². The summed E-state index contributed by atoms with van der Waals surface area (Å²) in [6, 6.07) is 11.0. The van der Waals surface area contributed by atoms with Crippen molar-refractivity contribution in [2.75, 3.05) is 6.61 Å². The van der Waals surface area contributed by atoms with Crippen molar-refractivity contribution in [1.29, 1.82) is 0 Å². The topological polar surface area (TPSA) is 60.7 Å². The van der Waals surface area contributed by atoms with E-state index in [0.717, 1.165) is 18.6 Å². The van der Waals surface area contributed by atoms with Crippen LogP contribution in [0.4, 0.5) is 13.2 Å². The molecule has 168 valence electrons. The molecule has 1 aliphatic rings. The second kappa shape index (κ2) is 8.57. The zero-order valence-corrected chi connectivity index (χ0v) is 17.9. The van der Waals surface area contributed by atoms with Crippen molar-refractivity contribution in [3.63, 3.8) is 0 Å². The second-order valence-electron chi connectivity index (χ2n) is 7.82. The number of aromatic nitrogens is 2. The first-order valence-corrected chi connectivity index (χ1v) is 10.1. The maximum Gasteiger partial charge on any atom is 0.416 e. The Bertz CT molecular complexity index is 1150. The van der Waals surface area contributed by atoms with Gasteiger partial charge in [0.15, 0.2) is 11.6 Å². The number of aryl methyl sites for hydroxylation is 3. The maximum absolute atomic E-state index is 13.0. The first-order valence-electron chi connectivity index (χ1n) is 10.1. The van der Waals surface area contributed by atoms with Gasteiger partial charge < -0.3 is 14.9 Å². The smallest absolute Gasteiger partial charge is 0.416 e. The molecule has 3 aromatic rings. The van der Waals surface area contributed by atoms with Crippen molar-refractivity contribution in [3.05, 3.63) is 76.6 Å². The molecule has 9 heteroatoms. The van der Waals surface area contributed by atoms with Gasteiger partial charge in [0.25, 0.3) is 0 Å². The van der Waals surface area contributed by atoms with Gasteiger partial charge in [0.1, 0.15) is 18.1 Å². The van der Waals surface area contributed by atoms with Crippen LogP contribution < -0.4 is 10.1 Å². The highest BCUT2D eigenvalue weighted by Crippen LogP contribution is 2.33. The van der Waals surface area contributed by atoms with Crippen LogP contribution in [0.5, 0.6) is 11.5 Å². The molecule has 2 aromatic carbocycles. The molecule has 0 radical (unpaired) electrons. The lowest BCUT2D eigenvalue weighted by atomic mass is 9.99. The van der Waals surface area contributed by atoms with Crippen LogP contribution in [-0.4, -0.2) is 28.3 Å². The summed E-state index contributed by atoms with van der Waals surface area (Å²) in [6.07, 6.45) is -2.29. The quantitative estimate of drug-likeness (QED) is 0.618. The van der Waals surface area contributed by atoms with Crippen molar-refractivity contribution >= 4 is 5.84 Å². The number of benzene rings is 2. The monoisotopic (exact) mass is 444 g/mol. The molecule has 0 fully saturated rings. The molecule has 1 aromatic heterocycles. The Balaban J connectivity index is 1.54. The van der Waals surface area contributed by atoms with E-state index in [1.807, 2.05) is 0 Å². The van der Waals surface area contributed by atoms with Crippen LogP contribution in [0, 0.1) is 13.8 Å². The van der Waals surface area contributed by atoms with Gasteiger partial charge in [-0.3, -0.25) is 4.68 Å². The van der Waals surface area contributed by atoms with Crippen LogP contribution in [0.2, 0.25) is 0 Å². The molecule has 1 N–H and O–H groups in total. The van der Waals surface area contributed by atoms with E-state index in [2.05, 4.69) is 47.6 Å². The molecule has 0 saturated heterocycles. The van der Waals surface area contributed by atoms with Gasteiger partial charge in [-0.15, -0.1) is 0 Å². The number of hydrogen-bond acceptors (Lipinski definition) is 5. The van der Waals surface area contributed by atoms with Gasteiger partial charge in [-0.1, -0.05) is 35.0 Å². The van der Waals surface area contributed by atoms with Crippen LogP contribution >= 0.6 is 0 Å². The number of nitrogens with one attached hydrogen (secondary N) is 1. The van der Waals surface area contributed by atoms with Crippen LogP contribution in [0.15, 0.2) is 53.8 Å². The third-order valence-corrected chi connectivity index (χ3v) is 5.26. The highest BCUT2D eigenvalue weighted by Gasteiger charge is 2.31. The zero-order valence-electron chi connectivity index (χ0n) is 17.9. The number of hydrogen-bond donors (Lipinski definition) is 1. The van der Waals surface area contributed by atoms with Crippen molar-refractivity contribution < 1.29 is 22.7 Å². The van der Waals surface area contributed by atoms with Gasteiger partial charge in [0.2, 0.25) is 0 Å². The average molecular weight is 444 g/mol. The molecular weight excluding hydrogens is 421 g/mol. The molecule has 1 atom stereocenters. The van der Waals surface area contributed by atoms with Gasteiger partial charge >= 0.3 is 6.18 Å². The van der Waals surface area contributed by atoms with E-state index in [4.69, 9.17) is 9.57 Å². The predicted octanol–water partition coefficient (Wildman–Crippen LogP) is 4.74. The molecule has 0 saturated carbocycles. The summed E-state index contributed by atoms with van der Waals surface area (Å²) < 4.78 is 46.4. The van der Waals surface area contributed by atoms with Crippen molar-refractivity contribution in [2.45, 2.75) is 32.5 Å². The third kappa shape index (κ3) is 4.71. The Morgan fingerprint density at radius 2 is 2.00 bits per heavy atom. The lowest BCUT2D eigenvalue weighted by molar-refractivity contribution is -0.137. The van der Waals surface area contributed by atoms with Crippen LogP contribution in [0.3, 0.4) is 0 Å². The van der Waals surface area contributed by atoms with Crippen LogP contribution in [-0.2, 0) is 24.5 Å². The lowest BCUT2D eigenvalue weighted by Crippen LogP contribution is -2.44. The number of oxime groups is 1. The van der Waals surface area contributed by atoms with Gasteiger partial charge in [-0.25, -0.2) is 0 Å². The minimum absolute atomic E-state index is 0.0415. The number of ether oxygens (including phenoxy) is 1. The normalized spacial score (nSPS) is 16.2. The van der Waals surface area contributed by atoms with E-state index < -0.39 is 11.7 Å². The number of amidine groups is 1. The lowest BCUT2D eigenvalue weighted by Gasteiger charge is -2.25. The van der Waals surface area contributed by atoms with Crippen LogP contribution in [0.1, 0.15) is 27.9 Å². The number of halogens is 3. The summed E-state index contributed by atoms with van der Waals surface area (Å²) >= 11 is 0. The summed E-state index contributed by atoms with van der Waals surface area (Å²) in [7, 11) is 1.70. The summed E-state index contributed by atoms with van der Waals surface area (Å²) in [4.78, 5) is 5.46. The Morgan fingerprint density at radius 3 is 2.75 bits per heavy atom. The molecule has 0 spiro atoms. The van der Waals surface area contributed by atoms with Gasteiger partial charge in [-0.05, 0) is 49.6 Å². The van der Waals surface area contributed by atoms with Crippen molar-refractivity contribution in [1.82, 2.24) is 15.1 Å². The summed E-state index contributed by atoms with van der Waals surface area (Å²) in [6.45, 7) is 4.51. The minimum atomic E-state index is -4.46. The van der Waals surface area contributed by atoms with Crippen molar-refractivity contribution in [2.24, 2.45) is 12.2 Å². The van der Waals surface area contributed by atoms with Gasteiger partial charge in [-0.2, -0.15) is 18.3 Å². The summed E-state index contributed by atoms with van der Waals surface area (Å²) in [5, 5.41) is 11.6. The van der Waals surface area contributed by atoms with Crippen LogP contribution in [0.25, 0.3) is 0 Å².